The molecule has 30 heavy (non-hydrogen) atoms. The molecule has 2 unspecified atom stereocenters. The van der Waals surface area contributed by atoms with Crippen LogP contribution in [0.25, 0.3) is 0 Å². The lowest BCUT2D eigenvalue weighted by molar-refractivity contribution is -0.0192. The molecule has 2 atom stereocenters. The molecule has 0 aromatic heterocycles. The molecule has 0 bridgehead atoms. The second-order valence-electron chi connectivity index (χ2n) is 7.49. The van der Waals surface area contributed by atoms with E-state index in [1.165, 1.54) is 6.07 Å². The minimum Gasteiger partial charge on any atom is -0.494 e. The molecule has 1 heterocycles. The molecule has 6 heteroatoms. The van der Waals surface area contributed by atoms with Gasteiger partial charge in [-0.2, -0.15) is 0 Å². The summed E-state index contributed by atoms with van der Waals surface area (Å²) in [5, 5.41) is 0. The summed E-state index contributed by atoms with van der Waals surface area (Å²) < 4.78 is 57.9. The molecule has 1 aliphatic rings. The summed E-state index contributed by atoms with van der Waals surface area (Å²) in [6, 6.07) is 10.9. The van der Waals surface area contributed by atoms with Gasteiger partial charge in [-0.1, -0.05) is 18.2 Å². The first-order valence-electron chi connectivity index (χ1n) is 10.6. The predicted molar refractivity (Wildman–Crippen MR) is 110 cm³/mol. The molecular weight excluding hydrogens is 393 g/mol. The lowest BCUT2D eigenvalue weighted by Gasteiger charge is -2.29. The Morgan fingerprint density at radius 2 is 1.73 bits per heavy atom. The smallest absolute Gasteiger partial charge is 0.270 e. The first-order valence-corrected chi connectivity index (χ1v) is 10.6. The number of benzene rings is 2. The minimum absolute atomic E-state index is 0.0459. The first kappa shape index (κ1) is 22.5. The average molecular weight is 422 g/mol. The van der Waals surface area contributed by atoms with Crippen molar-refractivity contribution in [1.82, 2.24) is 0 Å². The average Bonchev–Trinajstić information content (AvgIpc) is 2.74. The largest absolute Gasteiger partial charge is 0.494 e. The molecule has 1 aliphatic heterocycles. The Bertz CT molecular complexity index is 800. The van der Waals surface area contributed by atoms with Crippen molar-refractivity contribution in [1.29, 1.82) is 0 Å². The van der Waals surface area contributed by atoms with E-state index in [1.54, 1.807) is 13.0 Å². The van der Waals surface area contributed by atoms with Crippen LogP contribution in [0.5, 0.6) is 11.5 Å². The van der Waals surface area contributed by atoms with Gasteiger partial charge in [0.1, 0.15) is 17.3 Å². The Morgan fingerprint density at radius 1 is 1.00 bits per heavy atom. The summed E-state index contributed by atoms with van der Waals surface area (Å²) in [4.78, 5) is 0. The van der Waals surface area contributed by atoms with Crippen molar-refractivity contribution < 1.29 is 27.4 Å². The van der Waals surface area contributed by atoms with Gasteiger partial charge in [0.2, 0.25) is 0 Å². The molecule has 0 saturated carbocycles. The molecule has 1 fully saturated rings. The van der Waals surface area contributed by atoms with Crippen LogP contribution in [0.4, 0.5) is 13.2 Å². The fraction of sp³-hybridized carbons (Fsp3) is 0.500. The number of hydrogen-bond acceptors (Lipinski definition) is 3. The zero-order chi connectivity index (χ0) is 21.5. The van der Waals surface area contributed by atoms with Crippen molar-refractivity contribution in [2.45, 2.75) is 52.1 Å². The van der Waals surface area contributed by atoms with Gasteiger partial charge >= 0.3 is 0 Å². The zero-order valence-corrected chi connectivity index (χ0v) is 17.5. The van der Waals surface area contributed by atoms with Crippen LogP contribution in [-0.2, 0) is 11.2 Å². The van der Waals surface area contributed by atoms with Crippen molar-refractivity contribution in [3.63, 3.8) is 0 Å². The summed E-state index contributed by atoms with van der Waals surface area (Å²) in [6.07, 6.45) is 0.0813. The highest BCUT2D eigenvalue weighted by Crippen LogP contribution is 2.36. The summed E-state index contributed by atoms with van der Waals surface area (Å²) in [5.41, 5.74) is 0.795. The Hall–Kier alpha value is -2.21. The maximum absolute atomic E-state index is 14.6. The lowest BCUT2D eigenvalue weighted by atomic mass is 9.90. The Kier molecular flexibility index (Phi) is 8.02. The number of halogens is 3. The van der Waals surface area contributed by atoms with Gasteiger partial charge in [-0.3, -0.25) is 0 Å². The molecule has 0 N–H and O–H groups in total. The van der Waals surface area contributed by atoms with Crippen molar-refractivity contribution in [2.24, 2.45) is 5.92 Å². The molecule has 3 nitrogen and oxygen atoms in total. The summed E-state index contributed by atoms with van der Waals surface area (Å²) in [6.45, 7) is 5.07. The Labute approximate surface area is 176 Å². The third-order valence-corrected chi connectivity index (χ3v) is 5.49. The van der Waals surface area contributed by atoms with Gasteiger partial charge in [0.05, 0.1) is 31.5 Å². The van der Waals surface area contributed by atoms with Gasteiger partial charge in [-0.15, -0.1) is 0 Å². The lowest BCUT2D eigenvalue weighted by Crippen LogP contribution is -2.21. The van der Waals surface area contributed by atoms with Crippen LogP contribution in [0.2, 0.25) is 0 Å². The van der Waals surface area contributed by atoms with Crippen molar-refractivity contribution in [2.75, 3.05) is 19.8 Å². The summed E-state index contributed by atoms with van der Waals surface area (Å²) >= 11 is 0. The van der Waals surface area contributed by atoms with Gasteiger partial charge in [0.15, 0.2) is 0 Å². The first-order chi connectivity index (χ1) is 14.5. The van der Waals surface area contributed by atoms with E-state index in [2.05, 4.69) is 0 Å². The van der Waals surface area contributed by atoms with Gasteiger partial charge < -0.3 is 14.2 Å². The standard InChI is InChI=1S/C24H29F3O3/c1-3-28-19-11-8-17(9-12-19)20-13-6-16(15-30-20)5-7-18-10-14-21(29-4-2)22(23(18)25)24(26)27/h8-12,14,16,20,24H,3-7,13,15H2,1-2H3. The number of aryl methyl sites for hydroxylation is 1. The number of rotatable bonds is 9. The van der Waals surface area contributed by atoms with E-state index in [9.17, 15) is 13.2 Å². The van der Waals surface area contributed by atoms with Crippen LogP contribution in [0, 0.1) is 11.7 Å². The van der Waals surface area contributed by atoms with Gasteiger partial charge in [-0.05, 0) is 74.8 Å². The van der Waals surface area contributed by atoms with E-state index in [0.29, 0.717) is 31.6 Å². The topological polar surface area (TPSA) is 27.7 Å². The van der Waals surface area contributed by atoms with E-state index in [-0.39, 0.29) is 24.4 Å². The van der Waals surface area contributed by atoms with Gasteiger partial charge in [0, 0.05) is 0 Å². The van der Waals surface area contributed by atoms with Crippen LogP contribution in [0.3, 0.4) is 0 Å². The third kappa shape index (κ3) is 5.48. The predicted octanol–water partition coefficient (Wildman–Crippen LogP) is 6.66. The van der Waals surface area contributed by atoms with Crippen LogP contribution in [0.15, 0.2) is 36.4 Å². The quantitative estimate of drug-likeness (QED) is 0.452. The molecule has 0 radical (unpaired) electrons. The number of ether oxygens (including phenoxy) is 3. The monoisotopic (exact) mass is 422 g/mol. The van der Waals surface area contributed by atoms with E-state index in [1.807, 2.05) is 31.2 Å². The van der Waals surface area contributed by atoms with Crippen LogP contribution >= 0.6 is 0 Å². The van der Waals surface area contributed by atoms with E-state index in [4.69, 9.17) is 14.2 Å². The minimum atomic E-state index is -2.90. The highest BCUT2D eigenvalue weighted by Gasteiger charge is 2.25. The SMILES string of the molecule is CCOc1ccc(C2CCC(CCc3ccc(OCC)c(C(F)F)c3F)CO2)cc1. The van der Waals surface area contributed by atoms with Crippen LogP contribution in [-0.4, -0.2) is 19.8 Å². The molecular formula is C24H29F3O3. The second kappa shape index (κ2) is 10.7. The normalized spacial score (nSPS) is 19.1. The van der Waals surface area contributed by atoms with E-state index >= 15 is 0 Å². The maximum Gasteiger partial charge on any atom is 0.270 e. The molecule has 3 rings (SSSR count). The number of alkyl halides is 2. The molecule has 0 amide bonds. The van der Waals surface area contributed by atoms with Crippen LogP contribution in [0.1, 0.15) is 62.3 Å². The molecule has 164 valence electrons. The Morgan fingerprint density at radius 3 is 2.33 bits per heavy atom. The highest BCUT2D eigenvalue weighted by atomic mass is 19.3. The molecule has 1 saturated heterocycles. The third-order valence-electron chi connectivity index (χ3n) is 5.49. The summed E-state index contributed by atoms with van der Waals surface area (Å²) in [7, 11) is 0. The fourth-order valence-electron chi connectivity index (χ4n) is 3.90. The molecule has 2 aromatic carbocycles. The van der Waals surface area contributed by atoms with Crippen molar-refractivity contribution >= 4 is 0 Å². The maximum atomic E-state index is 14.6. The fourth-order valence-corrected chi connectivity index (χ4v) is 3.90. The van der Waals surface area contributed by atoms with Gasteiger partial charge in [-0.25, -0.2) is 13.2 Å². The molecule has 2 aromatic rings. The second-order valence-corrected chi connectivity index (χ2v) is 7.49. The number of hydrogen-bond donors (Lipinski definition) is 0. The van der Waals surface area contributed by atoms with Crippen molar-refractivity contribution in [3.05, 3.63) is 58.9 Å². The van der Waals surface area contributed by atoms with Crippen molar-refractivity contribution in [3.8, 4) is 11.5 Å². The van der Waals surface area contributed by atoms with Crippen LogP contribution < -0.4 is 9.47 Å². The zero-order valence-electron chi connectivity index (χ0n) is 17.5. The molecule has 0 aliphatic carbocycles. The Balaban J connectivity index is 1.55. The van der Waals surface area contributed by atoms with E-state index in [0.717, 1.165) is 24.2 Å². The van der Waals surface area contributed by atoms with Gasteiger partial charge in [0.25, 0.3) is 6.43 Å². The highest BCUT2D eigenvalue weighted by molar-refractivity contribution is 5.40. The van der Waals surface area contributed by atoms with E-state index < -0.39 is 17.8 Å². The summed E-state index contributed by atoms with van der Waals surface area (Å²) in [5.74, 6) is 0.202. The molecule has 0 spiro atoms.